The van der Waals surface area contributed by atoms with Crippen LogP contribution in [-0.4, -0.2) is 0 Å². The topological polar surface area (TPSA) is 6.48 Å². The lowest BCUT2D eigenvalue weighted by Gasteiger charge is -2.30. The fraction of sp³-hybridized carbons (Fsp3) is 0.300. The van der Waals surface area contributed by atoms with Gasteiger partial charge in [0.25, 0.3) is 0 Å². The minimum Gasteiger partial charge on any atom is -0.310 e. The van der Waals surface area contributed by atoms with Crippen LogP contribution in [0.4, 0.5) is 34.1 Å². The van der Waals surface area contributed by atoms with Crippen molar-refractivity contribution in [2.24, 2.45) is 0 Å². The number of hydrogen-bond donors (Lipinski definition) is 0. The molecule has 2 aliphatic rings. The molecule has 316 valence electrons. The first-order valence-corrected chi connectivity index (χ1v) is 23.8. The molecule has 2 saturated carbocycles. The van der Waals surface area contributed by atoms with Crippen molar-refractivity contribution < 1.29 is 4.40 Å². The van der Waals surface area contributed by atoms with E-state index in [1.165, 1.54) is 153 Å². The molecule has 2 nitrogen and oxygen atoms in total. The van der Waals surface area contributed by atoms with Gasteiger partial charge < -0.3 is 9.80 Å². The maximum absolute atomic E-state index is 5.00. The van der Waals surface area contributed by atoms with Gasteiger partial charge in [-0.1, -0.05) is 163 Å². The minimum atomic E-state index is 0. The number of fused-ring (bicyclic) bond motifs is 5. The summed E-state index contributed by atoms with van der Waals surface area (Å²) in [6, 6.07) is 60.9. The fourth-order valence-corrected chi connectivity index (χ4v) is 10.8. The Bertz CT molecular complexity index is 2610. The molecule has 0 aliphatic heterocycles. The van der Waals surface area contributed by atoms with E-state index in [1.807, 2.05) is 0 Å². The average Bonchev–Trinajstić information content (AvgIpc) is 3.36. The van der Waals surface area contributed by atoms with Gasteiger partial charge in [-0.3, -0.25) is 0 Å². The Morgan fingerprint density at radius 1 is 0.371 bits per heavy atom. The van der Waals surface area contributed by atoms with Crippen molar-refractivity contribution in [1.29, 1.82) is 0 Å². The molecular formula is C60H66N2. The molecule has 0 aromatic heterocycles. The first kappa shape index (κ1) is 39.0. The van der Waals surface area contributed by atoms with Gasteiger partial charge in [-0.05, 0) is 154 Å². The second-order valence-corrected chi connectivity index (χ2v) is 19.0. The molecule has 0 amide bonds. The van der Waals surface area contributed by atoms with Crippen molar-refractivity contribution >= 4 is 66.4 Å². The molecule has 2 aliphatic carbocycles. The molecule has 62 heavy (non-hydrogen) atoms. The van der Waals surface area contributed by atoms with Gasteiger partial charge in [-0.2, -0.15) is 0 Å². The molecule has 0 atom stereocenters. The molecule has 0 heterocycles. The predicted molar refractivity (Wildman–Crippen MR) is 272 cm³/mol. The number of rotatable bonds is 10. The van der Waals surface area contributed by atoms with Crippen molar-refractivity contribution in [3.05, 3.63) is 180 Å². The van der Waals surface area contributed by atoms with E-state index < -0.39 is 0 Å². The molecule has 0 bridgehead atoms. The first-order valence-electron chi connectivity index (χ1n) is 24.8. The molecule has 0 radical (unpaired) electrons. The van der Waals surface area contributed by atoms with E-state index in [0.717, 1.165) is 0 Å². The SMILES string of the molecule is CC(C)c1ccc(N(c2ccc(C3CCCCC3)cc2)c2cc3c4ccccc4c(N(c4ccc(C(C)C)cc4)c4ccc(C5CCCCC5)cc4)cc3c3ccccc23)cc1.[2HH].[2H][2H]. The van der Waals surface area contributed by atoms with Gasteiger partial charge in [0.2, 0.25) is 0 Å². The van der Waals surface area contributed by atoms with Crippen LogP contribution in [0.15, 0.2) is 158 Å². The fourth-order valence-electron chi connectivity index (χ4n) is 10.8. The van der Waals surface area contributed by atoms with E-state index >= 15 is 0 Å². The summed E-state index contributed by atoms with van der Waals surface area (Å²) in [5.41, 5.74) is 12.8. The Kier molecular flexibility index (Phi) is 11.0. The van der Waals surface area contributed by atoms with Crippen molar-refractivity contribution in [3.8, 4) is 0 Å². The summed E-state index contributed by atoms with van der Waals surface area (Å²) in [5, 5.41) is 7.55. The maximum Gasteiger partial charge on any atom is 0.0546 e. The summed E-state index contributed by atoms with van der Waals surface area (Å²) in [5.74, 6) is 2.27. The third-order valence-electron chi connectivity index (χ3n) is 14.4. The summed E-state index contributed by atoms with van der Waals surface area (Å²) in [4.78, 5) is 5.02. The van der Waals surface area contributed by atoms with E-state index in [0.29, 0.717) is 23.7 Å². The van der Waals surface area contributed by atoms with E-state index in [2.05, 4.69) is 195 Å². The zero-order chi connectivity index (χ0) is 44.2. The molecule has 8 aromatic rings. The summed E-state index contributed by atoms with van der Waals surface area (Å²) in [7, 11) is 0. The van der Waals surface area contributed by atoms with Crippen molar-refractivity contribution in [2.75, 3.05) is 9.80 Å². The van der Waals surface area contributed by atoms with Crippen LogP contribution < -0.4 is 9.80 Å². The van der Waals surface area contributed by atoms with Gasteiger partial charge in [-0.15, -0.1) is 0 Å². The zero-order valence-corrected chi connectivity index (χ0v) is 37.3. The molecule has 8 aromatic carbocycles. The molecule has 0 saturated heterocycles. The van der Waals surface area contributed by atoms with Crippen LogP contribution >= 0.6 is 0 Å². The molecule has 0 N–H and O–H groups in total. The lowest BCUT2D eigenvalue weighted by molar-refractivity contribution is 0.443. The highest BCUT2D eigenvalue weighted by Crippen LogP contribution is 2.48. The normalized spacial score (nSPS) is 15.4. The Hall–Kier alpha value is -5.86. The smallest absolute Gasteiger partial charge is 0.0546 e. The van der Waals surface area contributed by atoms with Gasteiger partial charge >= 0.3 is 0 Å². The molecule has 10 rings (SSSR count). The van der Waals surface area contributed by atoms with Crippen LogP contribution in [0.1, 0.15) is 142 Å². The van der Waals surface area contributed by atoms with E-state index in [9.17, 15) is 0 Å². The summed E-state index contributed by atoms with van der Waals surface area (Å²) >= 11 is 0. The van der Waals surface area contributed by atoms with Crippen LogP contribution in [0.2, 0.25) is 0 Å². The molecular weight excluding hydrogens is 749 g/mol. The van der Waals surface area contributed by atoms with Crippen LogP contribution in [-0.2, 0) is 0 Å². The Morgan fingerprint density at radius 2 is 0.677 bits per heavy atom. The molecule has 0 unspecified atom stereocenters. The number of hydrogen-bond acceptors (Lipinski definition) is 2. The van der Waals surface area contributed by atoms with Crippen molar-refractivity contribution in [3.63, 3.8) is 0 Å². The molecule has 0 spiro atoms. The summed E-state index contributed by atoms with van der Waals surface area (Å²) in [6.07, 6.45) is 13.3. The monoisotopic (exact) mass is 818 g/mol. The number of anilines is 6. The minimum absolute atomic E-state index is 0. The average molecular weight is 818 g/mol. The molecule has 2 fully saturated rings. The highest BCUT2D eigenvalue weighted by atomic mass is 15.2. The van der Waals surface area contributed by atoms with Crippen LogP contribution in [0.25, 0.3) is 32.3 Å². The van der Waals surface area contributed by atoms with E-state index in [1.54, 1.807) is 0 Å². The Balaban J connectivity index is 0.00000189. The second kappa shape index (κ2) is 17.5. The van der Waals surface area contributed by atoms with E-state index in [-0.39, 0.29) is 1.43 Å². The lowest BCUT2D eigenvalue weighted by Crippen LogP contribution is -2.12. The Labute approximate surface area is 374 Å². The van der Waals surface area contributed by atoms with Crippen LogP contribution in [0.3, 0.4) is 0 Å². The predicted octanol–water partition coefficient (Wildman–Crippen LogP) is 18.9. The number of nitrogens with zero attached hydrogens (tertiary/aromatic N) is 2. The van der Waals surface area contributed by atoms with Gasteiger partial charge in [0.1, 0.15) is 0 Å². The first-order chi connectivity index (χ1) is 31.4. The summed E-state index contributed by atoms with van der Waals surface area (Å²) in [6.45, 7) is 9.12. The zero-order valence-electron chi connectivity index (χ0n) is 39.3. The largest absolute Gasteiger partial charge is 0.310 e. The van der Waals surface area contributed by atoms with Crippen LogP contribution in [0.5, 0.6) is 0 Å². The highest BCUT2D eigenvalue weighted by molar-refractivity contribution is 6.24. The van der Waals surface area contributed by atoms with E-state index in [4.69, 9.17) is 2.97 Å². The second-order valence-electron chi connectivity index (χ2n) is 19.0. The summed E-state index contributed by atoms with van der Waals surface area (Å²) < 4.78 is 10.0. The quantitative estimate of drug-likeness (QED) is 0.127. The third kappa shape index (κ3) is 7.78. The standard InChI is InChI=1S/C60H62N2.2H2/c1-41(2)43-23-31-49(32-24-43)61(51-35-27-47(28-36-51)45-15-7-5-8-16-45)59-39-57-54-20-12-14-22-56(54)60(40-58(57)53-19-11-13-21-55(53)59)62(50-33-25-44(26-34-50)42(3)4)52-37-29-48(30-38-52)46-17-9-6-10-18-46;;/h11-14,19-42,45-46H,5-10,15-18H2,1-4H3;2*1H/i;1+1D;1+1. The van der Waals surface area contributed by atoms with Gasteiger partial charge in [-0.25, -0.2) is 0 Å². The third-order valence-corrected chi connectivity index (χ3v) is 14.4. The highest BCUT2D eigenvalue weighted by Gasteiger charge is 2.24. The maximum atomic E-state index is 5.00. The van der Waals surface area contributed by atoms with Crippen molar-refractivity contribution in [2.45, 2.75) is 116 Å². The van der Waals surface area contributed by atoms with Gasteiger partial charge in [0.15, 0.2) is 0 Å². The van der Waals surface area contributed by atoms with Gasteiger partial charge in [0.05, 0.1) is 11.4 Å². The lowest BCUT2D eigenvalue weighted by atomic mass is 9.84. The number of benzene rings is 8. The van der Waals surface area contributed by atoms with Crippen molar-refractivity contribution in [1.82, 2.24) is 0 Å². The molecule has 2 heteroatoms. The Morgan fingerprint density at radius 3 is 1.00 bits per heavy atom. The van der Waals surface area contributed by atoms with Gasteiger partial charge in [0, 0.05) is 37.9 Å². The van der Waals surface area contributed by atoms with Crippen LogP contribution in [0, 0.1) is 0 Å².